The number of nitrogens with zero attached hydrogens (tertiary/aromatic N) is 2. The lowest BCUT2D eigenvalue weighted by atomic mass is 10.0. The Morgan fingerprint density at radius 3 is 2.94 bits per heavy atom. The monoisotopic (exact) mass is 259 g/mol. The van der Waals surface area contributed by atoms with Gasteiger partial charge in [-0.3, -0.25) is 4.90 Å². The molecule has 0 radical (unpaired) electrons. The quantitative estimate of drug-likeness (QED) is 0.220. The van der Waals surface area contributed by atoms with E-state index in [4.69, 9.17) is 20.4 Å². The van der Waals surface area contributed by atoms with Gasteiger partial charge < -0.3 is 20.4 Å². The minimum Gasteiger partial charge on any atom is -0.409 e. The SMILES string of the molecule is COCCOCCCN1CCCCC1C(N)=NO. The maximum Gasteiger partial charge on any atom is 0.156 e. The topological polar surface area (TPSA) is 80.3 Å². The van der Waals surface area contributed by atoms with Gasteiger partial charge in [0.15, 0.2) is 5.84 Å². The molecule has 18 heavy (non-hydrogen) atoms. The van der Waals surface area contributed by atoms with Crippen LogP contribution in [0.15, 0.2) is 5.16 Å². The molecule has 0 bridgehead atoms. The average Bonchev–Trinajstić information content (AvgIpc) is 2.42. The maximum atomic E-state index is 8.77. The maximum absolute atomic E-state index is 8.77. The molecule has 1 rings (SSSR count). The number of ether oxygens (including phenoxy) is 2. The summed E-state index contributed by atoms with van der Waals surface area (Å²) in [6, 6.07) is 0.0859. The van der Waals surface area contributed by atoms with Crippen LogP contribution >= 0.6 is 0 Å². The lowest BCUT2D eigenvalue weighted by Crippen LogP contribution is -2.48. The summed E-state index contributed by atoms with van der Waals surface area (Å²) < 4.78 is 10.3. The van der Waals surface area contributed by atoms with Gasteiger partial charge in [-0.1, -0.05) is 11.6 Å². The number of nitrogens with two attached hydrogens (primary N) is 1. The van der Waals surface area contributed by atoms with Crippen molar-refractivity contribution in [1.29, 1.82) is 0 Å². The average molecular weight is 259 g/mol. The van der Waals surface area contributed by atoms with Gasteiger partial charge in [0, 0.05) is 20.3 Å². The predicted molar refractivity (Wildman–Crippen MR) is 69.9 cm³/mol. The summed E-state index contributed by atoms with van der Waals surface area (Å²) in [7, 11) is 1.67. The van der Waals surface area contributed by atoms with E-state index in [0.29, 0.717) is 19.0 Å². The van der Waals surface area contributed by atoms with Crippen molar-refractivity contribution in [2.45, 2.75) is 31.7 Å². The first-order valence-electron chi connectivity index (χ1n) is 6.57. The van der Waals surface area contributed by atoms with Crippen LogP contribution in [0.2, 0.25) is 0 Å². The Morgan fingerprint density at radius 1 is 1.39 bits per heavy atom. The van der Waals surface area contributed by atoms with Crippen molar-refractivity contribution in [1.82, 2.24) is 4.90 Å². The third-order valence-electron chi connectivity index (χ3n) is 3.24. The van der Waals surface area contributed by atoms with Gasteiger partial charge in [0.25, 0.3) is 0 Å². The molecule has 1 saturated heterocycles. The lowest BCUT2D eigenvalue weighted by molar-refractivity contribution is 0.0625. The molecule has 0 aromatic carbocycles. The highest BCUT2D eigenvalue weighted by atomic mass is 16.5. The first-order valence-corrected chi connectivity index (χ1v) is 6.57. The van der Waals surface area contributed by atoms with Crippen molar-refractivity contribution in [3.63, 3.8) is 0 Å². The number of amidine groups is 1. The Morgan fingerprint density at radius 2 is 2.22 bits per heavy atom. The van der Waals surface area contributed by atoms with E-state index in [1.54, 1.807) is 7.11 Å². The molecule has 1 unspecified atom stereocenters. The third kappa shape index (κ3) is 5.20. The number of oxime groups is 1. The Bertz CT molecular complexity index is 249. The summed E-state index contributed by atoms with van der Waals surface area (Å²) in [5.41, 5.74) is 5.72. The van der Waals surface area contributed by atoms with Gasteiger partial charge in [0.2, 0.25) is 0 Å². The van der Waals surface area contributed by atoms with Crippen molar-refractivity contribution in [3.05, 3.63) is 0 Å². The highest BCUT2D eigenvalue weighted by Gasteiger charge is 2.25. The molecule has 1 atom stereocenters. The van der Waals surface area contributed by atoms with Crippen molar-refractivity contribution < 1.29 is 14.7 Å². The van der Waals surface area contributed by atoms with Crippen molar-refractivity contribution in [3.8, 4) is 0 Å². The van der Waals surface area contributed by atoms with E-state index in [-0.39, 0.29) is 6.04 Å². The molecule has 1 fully saturated rings. The Hall–Kier alpha value is -0.850. The van der Waals surface area contributed by atoms with E-state index in [9.17, 15) is 0 Å². The van der Waals surface area contributed by atoms with Crippen LogP contribution < -0.4 is 5.73 Å². The smallest absolute Gasteiger partial charge is 0.156 e. The van der Waals surface area contributed by atoms with Gasteiger partial charge in [-0.2, -0.15) is 0 Å². The van der Waals surface area contributed by atoms with E-state index in [0.717, 1.165) is 39.0 Å². The van der Waals surface area contributed by atoms with Gasteiger partial charge in [0.1, 0.15) is 0 Å². The van der Waals surface area contributed by atoms with Crippen LogP contribution in [0.5, 0.6) is 0 Å². The summed E-state index contributed by atoms with van der Waals surface area (Å²) >= 11 is 0. The van der Waals surface area contributed by atoms with E-state index in [1.807, 2.05) is 0 Å². The normalized spacial score (nSPS) is 22.3. The zero-order valence-corrected chi connectivity index (χ0v) is 11.2. The zero-order chi connectivity index (χ0) is 13.2. The minimum absolute atomic E-state index is 0.0859. The molecule has 0 aliphatic carbocycles. The van der Waals surface area contributed by atoms with Crippen molar-refractivity contribution >= 4 is 5.84 Å². The minimum atomic E-state index is 0.0859. The van der Waals surface area contributed by atoms with Crippen LogP contribution in [0, 0.1) is 0 Å². The Labute approximate surface area is 109 Å². The summed E-state index contributed by atoms with van der Waals surface area (Å²) in [6.07, 6.45) is 4.25. The number of hydrogen-bond acceptors (Lipinski definition) is 5. The largest absolute Gasteiger partial charge is 0.409 e. The molecule has 0 aromatic heterocycles. The van der Waals surface area contributed by atoms with Crippen LogP contribution in [0.3, 0.4) is 0 Å². The van der Waals surface area contributed by atoms with Gasteiger partial charge in [-0.05, 0) is 25.8 Å². The molecule has 1 heterocycles. The van der Waals surface area contributed by atoms with E-state index >= 15 is 0 Å². The van der Waals surface area contributed by atoms with E-state index in [2.05, 4.69) is 10.1 Å². The molecule has 0 saturated carbocycles. The molecular weight excluding hydrogens is 234 g/mol. The fraction of sp³-hybridized carbons (Fsp3) is 0.917. The van der Waals surface area contributed by atoms with E-state index in [1.165, 1.54) is 6.42 Å². The van der Waals surface area contributed by atoms with Gasteiger partial charge in [-0.15, -0.1) is 0 Å². The molecule has 0 amide bonds. The van der Waals surface area contributed by atoms with Gasteiger partial charge in [-0.25, -0.2) is 0 Å². The second-order valence-corrected chi connectivity index (χ2v) is 4.53. The fourth-order valence-corrected chi connectivity index (χ4v) is 2.27. The second-order valence-electron chi connectivity index (χ2n) is 4.53. The first kappa shape index (κ1) is 15.2. The summed E-state index contributed by atoms with van der Waals surface area (Å²) in [6.45, 7) is 3.94. The van der Waals surface area contributed by atoms with Crippen molar-refractivity contribution in [2.24, 2.45) is 10.9 Å². The van der Waals surface area contributed by atoms with Gasteiger partial charge >= 0.3 is 0 Å². The number of rotatable bonds is 8. The first-order chi connectivity index (χ1) is 8.79. The number of likely N-dealkylation sites (tertiary alicyclic amines) is 1. The van der Waals surface area contributed by atoms with Crippen LogP contribution in [-0.2, 0) is 9.47 Å². The number of piperidine rings is 1. The highest BCUT2D eigenvalue weighted by molar-refractivity contribution is 5.85. The number of methoxy groups -OCH3 is 1. The molecule has 106 valence electrons. The zero-order valence-electron chi connectivity index (χ0n) is 11.2. The Balaban J connectivity index is 2.21. The molecule has 1 aliphatic heterocycles. The molecule has 1 aliphatic rings. The summed E-state index contributed by atoms with van der Waals surface area (Å²) in [4.78, 5) is 2.28. The molecule has 6 nitrogen and oxygen atoms in total. The number of hydrogen-bond donors (Lipinski definition) is 2. The lowest BCUT2D eigenvalue weighted by Gasteiger charge is -2.34. The molecular formula is C12H25N3O3. The van der Waals surface area contributed by atoms with Gasteiger partial charge in [0.05, 0.1) is 19.3 Å². The summed E-state index contributed by atoms with van der Waals surface area (Å²) in [5.74, 6) is 0.329. The molecule has 6 heteroatoms. The predicted octanol–water partition coefficient (Wildman–Crippen LogP) is 0.640. The molecule has 0 spiro atoms. The third-order valence-corrected chi connectivity index (χ3v) is 3.24. The second kappa shape index (κ2) is 9.13. The van der Waals surface area contributed by atoms with Crippen LogP contribution in [0.25, 0.3) is 0 Å². The summed E-state index contributed by atoms with van der Waals surface area (Å²) in [5, 5.41) is 11.9. The van der Waals surface area contributed by atoms with Crippen LogP contribution in [-0.4, -0.2) is 62.0 Å². The molecule has 0 aromatic rings. The standard InChI is InChI=1S/C12H25N3O3/c1-17-9-10-18-8-4-7-15-6-3-2-5-11(15)12(13)14-16/h11,16H,2-10H2,1H3,(H2,13,14). The molecule has 3 N–H and O–H groups in total. The Kier molecular flexibility index (Phi) is 7.71. The van der Waals surface area contributed by atoms with Crippen LogP contribution in [0.4, 0.5) is 0 Å². The van der Waals surface area contributed by atoms with Crippen molar-refractivity contribution in [2.75, 3.05) is 40.0 Å². The fourth-order valence-electron chi connectivity index (χ4n) is 2.27. The van der Waals surface area contributed by atoms with E-state index < -0.39 is 0 Å². The van der Waals surface area contributed by atoms with Crippen LogP contribution in [0.1, 0.15) is 25.7 Å². The highest BCUT2D eigenvalue weighted by Crippen LogP contribution is 2.17.